The van der Waals surface area contributed by atoms with Crippen molar-refractivity contribution < 1.29 is 17.9 Å². The molecule has 0 aliphatic carbocycles. The van der Waals surface area contributed by atoms with Gasteiger partial charge in [-0.2, -0.15) is 5.10 Å². The molecule has 2 aromatic carbocycles. The van der Waals surface area contributed by atoms with Crippen LogP contribution in [0.1, 0.15) is 33.6 Å². The van der Waals surface area contributed by atoms with Crippen LogP contribution in [0.4, 0.5) is 5.69 Å². The van der Waals surface area contributed by atoms with E-state index in [2.05, 4.69) is 15.5 Å². The number of aromatic nitrogens is 2. The topological polar surface area (TPSA) is 104 Å². The fourth-order valence-corrected chi connectivity index (χ4v) is 4.62. The van der Waals surface area contributed by atoms with Gasteiger partial charge in [-0.1, -0.05) is 18.2 Å². The minimum absolute atomic E-state index is 0.0377. The molecule has 9 heteroatoms. The third-order valence-electron chi connectivity index (χ3n) is 5.38. The van der Waals surface area contributed by atoms with Gasteiger partial charge in [-0.25, -0.2) is 8.42 Å². The SMILES string of the molecule is COc1ccccc1N(C)S(=O)(=O)c1ccc(C)c(C(=O)NCCCc2cn[nH]c2C)c1. The van der Waals surface area contributed by atoms with Crippen LogP contribution in [0, 0.1) is 13.8 Å². The number of hydrogen-bond donors (Lipinski definition) is 2. The number of nitrogens with one attached hydrogen (secondary N) is 2. The molecule has 0 spiro atoms. The summed E-state index contributed by atoms with van der Waals surface area (Å²) in [5, 5.41) is 9.77. The molecule has 0 radical (unpaired) electrons. The van der Waals surface area contributed by atoms with Gasteiger partial charge < -0.3 is 10.1 Å². The van der Waals surface area contributed by atoms with E-state index in [9.17, 15) is 13.2 Å². The normalized spacial score (nSPS) is 11.2. The molecule has 0 unspecified atom stereocenters. The predicted molar refractivity (Wildman–Crippen MR) is 124 cm³/mol. The van der Waals surface area contributed by atoms with Gasteiger partial charge in [-0.15, -0.1) is 0 Å². The molecule has 0 aliphatic rings. The lowest BCUT2D eigenvalue weighted by atomic mass is 10.1. The average molecular weight is 457 g/mol. The zero-order valence-electron chi connectivity index (χ0n) is 18.7. The number of benzene rings is 2. The lowest BCUT2D eigenvalue weighted by Gasteiger charge is -2.22. The molecule has 3 rings (SSSR count). The fourth-order valence-electron chi connectivity index (χ4n) is 3.39. The van der Waals surface area contributed by atoms with Crippen LogP contribution in [-0.2, 0) is 16.4 Å². The Kier molecular flexibility index (Phi) is 7.19. The Morgan fingerprint density at radius 1 is 1.19 bits per heavy atom. The minimum atomic E-state index is -3.89. The number of para-hydroxylation sites is 2. The van der Waals surface area contributed by atoms with E-state index in [1.54, 1.807) is 43.5 Å². The molecule has 1 heterocycles. The minimum Gasteiger partial charge on any atom is -0.495 e. The molecule has 2 N–H and O–H groups in total. The van der Waals surface area contributed by atoms with Gasteiger partial charge in [0.25, 0.3) is 15.9 Å². The first kappa shape index (κ1) is 23.3. The number of nitrogens with zero attached hydrogens (tertiary/aromatic N) is 2. The number of hydrogen-bond acceptors (Lipinski definition) is 5. The maximum absolute atomic E-state index is 13.2. The highest BCUT2D eigenvalue weighted by Gasteiger charge is 2.25. The first-order valence-electron chi connectivity index (χ1n) is 10.3. The summed E-state index contributed by atoms with van der Waals surface area (Å²) in [6.45, 7) is 4.21. The summed E-state index contributed by atoms with van der Waals surface area (Å²) < 4.78 is 32.9. The van der Waals surface area contributed by atoms with Gasteiger partial charge in [0.1, 0.15) is 5.75 Å². The monoisotopic (exact) mass is 456 g/mol. The lowest BCUT2D eigenvalue weighted by molar-refractivity contribution is 0.0952. The molecule has 1 amide bonds. The van der Waals surface area contributed by atoms with Crippen LogP contribution in [0.2, 0.25) is 0 Å². The molecule has 1 aromatic heterocycles. The third-order valence-corrected chi connectivity index (χ3v) is 7.15. The number of aromatic amines is 1. The zero-order valence-corrected chi connectivity index (χ0v) is 19.5. The molecule has 3 aromatic rings. The highest BCUT2D eigenvalue weighted by atomic mass is 32.2. The van der Waals surface area contributed by atoms with Crippen LogP contribution in [0.15, 0.2) is 53.6 Å². The summed E-state index contributed by atoms with van der Waals surface area (Å²) in [6, 6.07) is 11.4. The predicted octanol–water partition coefficient (Wildman–Crippen LogP) is 3.22. The van der Waals surface area contributed by atoms with Crippen LogP contribution >= 0.6 is 0 Å². The molecule has 32 heavy (non-hydrogen) atoms. The maximum Gasteiger partial charge on any atom is 0.264 e. The summed E-state index contributed by atoms with van der Waals surface area (Å²) in [6.07, 6.45) is 3.33. The number of methoxy groups -OCH3 is 1. The maximum atomic E-state index is 13.2. The Bertz CT molecular complexity index is 1200. The second kappa shape index (κ2) is 9.86. The largest absolute Gasteiger partial charge is 0.495 e. The van der Waals surface area contributed by atoms with Crippen molar-refractivity contribution in [1.82, 2.24) is 15.5 Å². The molecule has 0 saturated carbocycles. The molecule has 170 valence electrons. The van der Waals surface area contributed by atoms with Gasteiger partial charge in [0.15, 0.2) is 0 Å². The van der Waals surface area contributed by atoms with E-state index in [4.69, 9.17) is 4.74 Å². The molecule has 0 bridgehead atoms. The van der Waals surface area contributed by atoms with Crippen molar-refractivity contribution in [3.05, 3.63) is 71.0 Å². The quantitative estimate of drug-likeness (QED) is 0.481. The van der Waals surface area contributed by atoms with E-state index in [-0.39, 0.29) is 10.8 Å². The highest BCUT2D eigenvalue weighted by Crippen LogP contribution is 2.31. The first-order chi connectivity index (χ1) is 15.3. The van der Waals surface area contributed by atoms with E-state index in [0.29, 0.717) is 29.1 Å². The summed E-state index contributed by atoms with van der Waals surface area (Å²) >= 11 is 0. The number of sulfonamides is 1. The smallest absolute Gasteiger partial charge is 0.264 e. The Labute approximate surface area is 188 Å². The van der Waals surface area contributed by atoms with Gasteiger partial charge in [0, 0.05) is 24.8 Å². The summed E-state index contributed by atoms with van der Waals surface area (Å²) in [4.78, 5) is 12.8. The van der Waals surface area contributed by atoms with Crippen molar-refractivity contribution in [3.63, 3.8) is 0 Å². The number of H-pyrrole nitrogens is 1. The summed E-state index contributed by atoms with van der Waals surface area (Å²) in [5.74, 6) is 0.139. The summed E-state index contributed by atoms with van der Waals surface area (Å²) in [7, 11) is -0.944. The number of ether oxygens (including phenoxy) is 1. The van der Waals surface area contributed by atoms with Gasteiger partial charge >= 0.3 is 0 Å². The van der Waals surface area contributed by atoms with Crippen molar-refractivity contribution in [1.29, 1.82) is 0 Å². The number of carbonyl (C=O) groups is 1. The molecular formula is C23H28N4O4S. The van der Waals surface area contributed by atoms with E-state index >= 15 is 0 Å². The Morgan fingerprint density at radius 3 is 2.62 bits per heavy atom. The van der Waals surface area contributed by atoms with E-state index in [1.165, 1.54) is 26.3 Å². The third kappa shape index (κ3) is 4.94. The molecule has 0 saturated heterocycles. The van der Waals surface area contributed by atoms with Crippen molar-refractivity contribution in [2.24, 2.45) is 0 Å². The number of anilines is 1. The van der Waals surface area contributed by atoms with Gasteiger partial charge in [0.2, 0.25) is 0 Å². The Hall–Kier alpha value is -3.33. The molecule has 0 atom stereocenters. The fraction of sp³-hybridized carbons (Fsp3) is 0.304. The average Bonchev–Trinajstić information content (AvgIpc) is 3.20. The van der Waals surface area contributed by atoms with E-state index in [1.807, 2.05) is 6.92 Å². The second-order valence-electron chi connectivity index (χ2n) is 7.50. The van der Waals surface area contributed by atoms with Crippen LogP contribution in [0.3, 0.4) is 0 Å². The molecule has 8 nitrogen and oxygen atoms in total. The van der Waals surface area contributed by atoms with Crippen molar-refractivity contribution in [2.75, 3.05) is 25.0 Å². The van der Waals surface area contributed by atoms with E-state index in [0.717, 1.165) is 28.4 Å². The van der Waals surface area contributed by atoms with Crippen molar-refractivity contribution in [3.8, 4) is 5.75 Å². The van der Waals surface area contributed by atoms with Crippen LogP contribution in [0.5, 0.6) is 5.75 Å². The van der Waals surface area contributed by atoms with Crippen molar-refractivity contribution in [2.45, 2.75) is 31.6 Å². The standard InChI is InChI=1S/C23H28N4O4S/c1-16-11-12-19(32(29,30)27(3)21-9-5-6-10-22(21)31-4)14-20(16)23(28)24-13-7-8-18-15-25-26-17(18)2/h5-6,9-12,14-15H,7-8,13H2,1-4H3,(H,24,28)(H,25,26). The molecular weight excluding hydrogens is 428 g/mol. The summed E-state index contributed by atoms with van der Waals surface area (Å²) in [5.41, 5.74) is 3.58. The zero-order chi connectivity index (χ0) is 23.3. The number of amides is 1. The van der Waals surface area contributed by atoms with Gasteiger partial charge in [0.05, 0.1) is 23.9 Å². The van der Waals surface area contributed by atoms with Gasteiger partial charge in [-0.3, -0.25) is 14.2 Å². The number of carbonyl (C=O) groups excluding carboxylic acids is 1. The molecule has 0 fully saturated rings. The van der Waals surface area contributed by atoms with Crippen molar-refractivity contribution >= 4 is 21.6 Å². The van der Waals surface area contributed by atoms with Crippen LogP contribution < -0.4 is 14.4 Å². The first-order valence-corrected chi connectivity index (χ1v) is 11.7. The van der Waals surface area contributed by atoms with Crippen LogP contribution in [0.25, 0.3) is 0 Å². The Morgan fingerprint density at radius 2 is 1.94 bits per heavy atom. The van der Waals surface area contributed by atoms with Gasteiger partial charge in [-0.05, 0) is 62.1 Å². The van der Waals surface area contributed by atoms with Crippen LogP contribution in [-0.4, -0.2) is 45.2 Å². The van der Waals surface area contributed by atoms with E-state index < -0.39 is 10.0 Å². The molecule has 0 aliphatic heterocycles. The Balaban J connectivity index is 1.75. The second-order valence-corrected chi connectivity index (χ2v) is 9.47. The number of rotatable bonds is 9. The number of aryl methyl sites for hydroxylation is 3. The lowest BCUT2D eigenvalue weighted by Crippen LogP contribution is -2.28. The highest BCUT2D eigenvalue weighted by molar-refractivity contribution is 7.92.